The maximum Gasteiger partial charge on any atom is 0.237 e. The Hall–Kier alpha value is -1.21. The Bertz CT molecular complexity index is 679. The van der Waals surface area contributed by atoms with Crippen LogP contribution >= 0.6 is 0 Å². The van der Waals surface area contributed by atoms with Gasteiger partial charge in [0.1, 0.15) is 0 Å². The molecule has 0 aromatic heterocycles. The highest BCUT2D eigenvalue weighted by Crippen LogP contribution is 2.30. The number of hydrogen-bond donors (Lipinski definition) is 0. The van der Waals surface area contributed by atoms with Gasteiger partial charge in [-0.3, -0.25) is 0 Å². The van der Waals surface area contributed by atoms with Crippen LogP contribution in [0.1, 0.15) is 19.8 Å². The molecule has 2 aromatic carbocycles. The molecule has 0 aliphatic carbocycles. The maximum atomic E-state index is 7.12. The van der Waals surface area contributed by atoms with Crippen molar-refractivity contribution in [2.24, 2.45) is 0 Å². The van der Waals surface area contributed by atoms with Crippen molar-refractivity contribution in [3.63, 3.8) is 0 Å². The summed E-state index contributed by atoms with van der Waals surface area (Å²) in [5.41, 5.74) is 0. The highest BCUT2D eigenvalue weighted by atomic mass is 29.6. The maximum absolute atomic E-state index is 7.12. The lowest BCUT2D eigenvalue weighted by molar-refractivity contribution is 0.333. The van der Waals surface area contributed by atoms with Gasteiger partial charge in [0.15, 0.2) is 0 Å². The minimum atomic E-state index is -2.30. The Morgan fingerprint density at radius 3 is 1.63 bits per heavy atom. The van der Waals surface area contributed by atoms with Gasteiger partial charge >= 0.3 is 0 Å². The van der Waals surface area contributed by atoms with Crippen LogP contribution in [0.5, 0.6) is 0 Å². The van der Waals surface area contributed by atoms with Crippen LogP contribution in [0.2, 0.25) is 32.7 Å². The van der Waals surface area contributed by atoms with E-state index in [4.69, 9.17) is 4.43 Å². The third kappa shape index (κ3) is 4.62. The second kappa shape index (κ2) is 9.32. The molecule has 0 saturated carbocycles. The van der Waals surface area contributed by atoms with Gasteiger partial charge in [-0.15, -0.1) is 0 Å². The van der Waals surface area contributed by atoms with Crippen LogP contribution in [0.25, 0.3) is 0 Å². The van der Waals surface area contributed by atoms with Crippen molar-refractivity contribution >= 4 is 32.9 Å². The monoisotopic (exact) mass is 412 g/mol. The molecule has 0 saturated heterocycles. The zero-order valence-electron chi connectivity index (χ0n) is 18.0. The van der Waals surface area contributed by atoms with Gasteiger partial charge in [0.25, 0.3) is 0 Å². The minimum absolute atomic E-state index is 0.813. The lowest BCUT2D eigenvalue weighted by Crippen LogP contribution is -2.83. The van der Waals surface area contributed by atoms with Crippen LogP contribution in [0.4, 0.5) is 0 Å². The molecular weight excluding hydrogens is 377 g/mol. The van der Waals surface area contributed by atoms with Gasteiger partial charge in [0.05, 0.1) is 7.11 Å². The Morgan fingerprint density at radius 2 is 1.22 bits per heavy atom. The number of hydrogen-bond acceptors (Lipinski definition) is 1. The van der Waals surface area contributed by atoms with Gasteiger partial charge in [-0.05, 0) is 23.2 Å². The highest BCUT2D eigenvalue weighted by molar-refractivity contribution is 7.72. The summed E-state index contributed by atoms with van der Waals surface area (Å²) < 4.78 is 7.12. The van der Waals surface area contributed by atoms with E-state index in [1.54, 1.807) is 0 Å². The summed E-state index contributed by atoms with van der Waals surface area (Å²) in [6.07, 6.45) is 6.62. The van der Waals surface area contributed by atoms with Crippen molar-refractivity contribution in [3.05, 3.63) is 72.8 Å². The Morgan fingerprint density at radius 1 is 0.741 bits per heavy atom. The fourth-order valence-electron chi connectivity index (χ4n) is 3.67. The molecule has 2 rings (SSSR count). The van der Waals surface area contributed by atoms with Gasteiger partial charge < -0.3 is 4.43 Å². The predicted octanol–water partition coefficient (Wildman–Crippen LogP) is 5.32. The summed E-state index contributed by atoms with van der Waals surface area (Å²) >= 11 is 0. The largest absolute Gasteiger partial charge is 0.411 e. The van der Waals surface area contributed by atoms with Crippen LogP contribution in [-0.4, -0.2) is 29.1 Å². The molecule has 1 nitrogen and oxygen atoms in total. The van der Waals surface area contributed by atoms with Gasteiger partial charge in [-0.2, -0.15) is 0 Å². The molecule has 27 heavy (non-hydrogen) atoms. The van der Waals surface area contributed by atoms with Crippen LogP contribution in [0, 0.1) is 0 Å². The van der Waals surface area contributed by atoms with Gasteiger partial charge in [0.2, 0.25) is 7.83 Å². The van der Waals surface area contributed by atoms with Gasteiger partial charge in [0, 0.05) is 14.2 Å². The van der Waals surface area contributed by atoms with Gasteiger partial charge in [-0.25, -0.2) is 0 Å². The van der Waals surface area contributed by atoms with E-state index in [1.165, 1.54) is 10.4 Å². The first-order valence-electron chi connectivity index (χ1n) is 10.2. The third-order valence-electron chi connectivity index (χ3n) is 6.12. The van der Waals surface area contributed by atoms with E-state index < -0.39 is 22.5 Å². The van der Waals surface area contributed by atoms with E-state index in [2.05, 4.69) is 112 Å². The van der Waals surface area contributed by atoms with Crippen molar-refractivity contribution in [2.45, 2.75) is 52.5 Å². The summed E-state index contributed by atoms with van der Waals surface area (Å²) in [5.74, 6) is 0. The summed E-state index contributed by atoms with van der Waals surface area (Å²) in [7, 11) is -5.41. The molecule has 0 bridgehead atoms. The molecule has 146 valence electrons. The first-order valence-corrected chi connectivity index (χ1v) is 20.6. The molecule has 0 heterocycles. The van der Waals surface area contributed by atoms with E-state index in [1.807, 2.05) is 0 Å². The van der Waals surface area contributed by atoms with Crippen molar-refractivity contribution in [2.75, 3.05) is 6.61 Å². The fourth-order valence-corrected chi connectivity index (χ4v) is 31.6. The number of rotatable bonds is 9. The first kappa shape index (κ1) is 22.1. The lowest BCUT2D eigenvalue weighted by Gasteiger charge is -2.50. The van der Waals surface area contributed by atoms with Crippen LogP contribution in [0.3, 0.4) is 0 Å². The smallest absolute Gasteiger partial charge is 0.237 e. The predicted molar refractivity (Wildman–Crippen MR) is 129 cm³/mol. The third-order valence-corrected chi connectivity index (χ3v) is 43.2. The summed E-state index contributed by atoms with van der Waals surface area (Å²) in [6, 6.07) is 22.3. The van der Waals surface area contributed by atoms with Gasteiger partial charge in [-0.1, -0.05) is 112 Å². The molecule has 2 aromatic rings. The lowest BCUT2D eigenvalue weighted by atomic mass is 10.3. The highest BCUT2D eigenvalue weighted by Gasteiger charge is 2.59. The molecule has 0 N–H and O–H groups in total. The van der Waals surface area contributed by atoms with E-state index in [0.29, 0.717) is 0 Å². The molecule has 0 unspecified atom stereocenters. The van der Waals surface area contributed by atoms with E-state index >= 15 is 0 Å². The van der Waals surface area contributed by atoms with Crippen molar-refractivity contribution < 1.29 is 4.43 Å². The molecule has 0 radical (unpaired) electrons. The van der Waals surface area contributed by atoms with Crippen molar-refractivity contribution in [3.8, 4) is 0 Å². The second-order valence-electron chi connectivity index (χ2n) is 8.81. The average Bonchev–Trinajstić information content (AvgIpc) is 2.65. The number of allylic oxidation sites excluding steroid dienone is 1. The van der Waals surface area contributed by atoms with Crippen molar-refractivity contribution in [1.82, 2.24) is 0 Å². The van der Waals surface area contributed by atoms with Crippen LogP contribution < -0.4 is 10.4 Å². The SMILES string of the molecule is CC/C=C/CCO[Si](c1ccccc1)(c1ccccc1)[Si](C)(C)[Si](C)(C)C. The molecule has 0 aliphatic heterocycles. The van der Waals surface area contributed by atoms with Crippen molar-refractivity contribution in [1.29, 1.82) is 0 Å². The Balaban J connectivity index is 2.64. The van der Waals surface area contributed by atoms with E-state index in [9.17, 15) is 0 Å². The van der Waals surface area contributed by atoms with Crippen LogP contribution in [0.15, 0.2) is 72.8 Å². The molecule has 0 atom stereocenters. The normalized spacial score (nSPS) is 13.3. The fraction of sp³-hybridized carbons (Fsp3) is 0.391. The first-order chi connectivity index (χ1) is 12.8. The zero-order valence-corrected chi connectivity index (χ0v) is 21.0. The molecule has 0 aliphatic rings. The van der Waals surface area contributed by atoms with Crippen LogP contribution in [-0.2, 0) is 4.43 Å². The summed E-state index contributed by atoms with van der Waals surface area (Å²) in [4.78, 5) is 0. The molecule has 0 fully saturated rings. The summed E-state index contributed by atoms with van der Waals surface area (Å²) in [6.45, 7) is 15.9. The summed E-state index contributed by atoms with van der Waals surface area (Å²) in [5, 5.41) is 2.91. The second-order valence-corrected chi connectivity index (χ2v) is 35.0. The average molecular weight is 413 g/mol. The molecule has 4 heteroatoms. The zero-order chi connectivity index (χ0) is 20.0. The quantitative estimate of drug-likeness (QED) is 0.307. The van der Waals surface area contributed by atoms with E-state index in [-0.39, 0.29) is 0 Å². The molecular formula is C23H36OSi3. The minimum Gasteiger partial charge on any atom is -0.411 e. The van der Waals surface area contributed by atoms with E-state index in [0.717, 1.165) is 19.4 Å². The molecule has 0 amide bonds. The number of benzene rings is 2. The molecule has 0 spiro atoms. The standard InChI is InChI=1S/C23H36OSi3/c1-7-8-9-16-21-24-27(22-17-12-10-13-18-22,23-19-14-11-15-20-23)26(5,6)25(2,3)4/h8-15,17-20H,7,16,21H2,1-6H3/b9-8+. The topological polar surface area (TPSA) is 9.23 Å². The Labute approximate surface area is 169 Å². The Kier molecular flexibility index (Phi) is 7.63.